The summed E-state index contributed by atoms with van der Waals surface area (Å²) in [6.07, 6.45) is -0.561. The van der Waals surface area contributed by atoms with Crippen molar-refractivity contribution < 1.29 is 19.1 Å². The molecule has 0 fully saturated rings. The first-order valence-corrected chi connectivity index (χ1v) is 7.43. The molecule has 7 nitrogen and oxygen atoms in total. The van der Waals surface area contributed by atoms with Crippen LogP contribution in [0.2, 0.25) is 0 Å². The Kier molecular flexibility index (Phi) is 7.59. The number of carbonyl (C=O) groups is 3. The first-order chi connectivity index (χ1) is 10.9. The standard InChI is InChI=1S/C16H23N3O4/c1-11(2)14(15(17)21)19-13(20)8-9-18-16(22)23-10-12-6-4-3-5-7-12/h3-7,11,14H,8-10H2,1-2H3,(H2,17,21)(H,18,22)(H,19,20)/t14-/m0/s1. The van der Waals surface area contributed by atoms with E-state index in [1.807, 2.05) is 30.3 Å². The van der Waals surface area contributed by atoms with Crippen LogP contribution in [0.5, 0.6) is 0 Å². The van der Waals surface area contributed by atoms with E-state index >= 15 is 0 Å². The van der Waals surface area contributed by atoms with E-state index in [2.05, 4.69) is 10.6 Å². The normalized spacial score (nSPS) is 11.6. The SMILES string of the molecule is CC(C)[C@H](NC(=O)CCNC(=O)OCc1ccccc1)C(N)=O. The molecule has 0 bridgehead atoms. The average molecular weight is 321 g/mol. The van der Waals surface area contributed by atoms with E-state index in [1.54, 1.807) is 13.8 Å². The van der Waals surface area contributed by atoms with Crippen molar-refractivity contribution in [1.29, 1.82) is 0 Å². The third-order valence-electron chi connectivity index (χ3n) is 3.12. The second-order valence-corrected chi connectivity index (χ2v) is 5.43. The number of nitrogens with two attached hydrogens (primary N) is 1. The Morgan fingerprint density at radius 3 is 2.39 bits per heavy atom. The molecule has 23 heavy (non-hydrogen) atoms. The molecule has 0 saturated heterocycles. The molecule has 1 aromatic rings. The van der Waals surface area contributed by atoms with Gasteiger partial charge in [-0.15, -0.1) is 0 Å². The van der Waals surface area contributed by atoms with Gasteiger partial charge in [0, 0.05) is 13.0 Å². The monoisotopic (exact) mass is 321 g/mol. The van der Waals surface area contributed by atoms with Crippen LogP contribution < -0.4 is 16.4 Å². The first kappa shape index (κ1) is 18.5. The Morgan fingerprint density at radius 2 is 1.83 bits per heavy atom. The lowest BCUT2D eigenvalue weighted by atomic mass is 10.0. The summed E-state index contributed by atoms with van der Waals surface area (Å²) in [6.45, 7) is 3.85. The largest absolute Gasteiger partial charge is 0.445 e. The highest BCUT2D eigenvalue weighted by Crippen LogP contribution is 2.01. The summed E-state index contributed by atoms with van der Waals surface area (Å²) < 4.78 is 5.01. The van der Waals surface area contributed by atoms with Crippen LogP contribution in [0.25, 0.3) is 0 Å². The van der Waals surface area contributed by atoms with Crippen molar-refractivity contribution in [1.82, 2.24) is 10.6 Å². The van der Waals surface area contributed by atoms with E-state index in [-0.39, 0.29) is 31.4 Å². The molecule has 0 unspecified atom stereocenters. The lowest BCUT2D eigenvalue weighted by Gasteiger charge is -2.18. The molecule has 0 saturated carbocycles. The highest BCUT2D eigenvalue weighted by atomic mass is 16.5. The number of alkyl carbamates (subject to hydrolysis) is 1. The number of carbonyl (C=O) groups excluding carboxylic acids is 3. The number of benzene rings is 1. The molecule has 1 aromatic carbocycles. The zero-order valence-corrected chi connectivity index (χ0v) is 13.4. The Bertz CT molecular complexity index is 531. The van der Waals surface area contributed by atoms with E-state index in [0.29, 0.717) is 0 Å². The second kappa shape index (κ2) is 9.45. The van der Waals surface area contributed by atoms with Crippen LogP contribution in [0.1, 0.15) is 25.8 Å². The van der Waals surface area contributed by atoms with Crippen molar-refractivity contribution in [3.8, 4) is 0 Å². The quantitative estimate of drug-likeness (QED) is 0.661. The summed E-state index contributed by atoms with van der Waals surface area (Å²) in [5, 5.41) is 5.02. The summed E-state index contributed by atoms with van der Waals surface area (Å²) in [5.74, 6) is -1.03. The third-order valence-corrected chi connectivity index (χ3v) is 3.12. The smallest absolute Gasteiger partial charge is 0.407 e. The number of rotatable bonds is 8. The highest BCUT2D eigenvalue weighted by Gasteiger charge is 2.21. The highest BCUT2D eigenvalue weighted by molar-refractivity contribution is 5.86. The summed E-state index contributed by atoms with van der Waals surface area (Å²) >= 11 is 0. The van der Waals surface area contributed by atoms with E-state index in [0.717, 1.165) is 5.56 Å². The van der Waals surface area contributed by atoms with E-state index < -0.39 is 18.0 Å². The number of primary amides is 1. The van der Waals surface area contributed by atoms with Crippen molar-refractivity contribution in [2.75, 3.05) is 6.54 Å². The predicted molar refractivity (Wildman–Crippen MR) is 85.2 cm³/mol. The van der Waals surface area contributed by atoms with Crippen LogP contribution in [-0.4, -0.2) is 30.5 Å². The van der Waals surface area contributed by atoms with E-state index in [1.165, 1.54) is 0 Å². The van der Waals surface area contributed by atoms with Gasteiger partial charge in [-0.3, -0.25) is 9.59 Å². The topological polar surface area (TPSA) is 111 Å². The summed E-state index contributed by atoms with van der Waals surface area (Å²) in [6, 6.07) is 8.55. The maximum Gasteiger partial charge on any atom is 0.407 e. The van der Waals surface area contributed by atoms with Crippen LogP contribution in [0.3, 0.4) is 0 Å². The Hall–Kier alpha value is -2.57. The van der Waals surface area contributed by atoms with Crippen LogP contribution in [0.15, 0.2) is 30.3 Å². The average Bonchev–Trinajstić information content (AvgIpc) is 2.51. The van der Waals surface area contributed by atoms with Gasteiger partial charge >= 0.3 is 6.09 Å². The molecule has 0 aliphatic rings. The van der Waals surface area contributed by atoms with Gasteiger partial charge in [0.1, 0.15) is 12.6 Å². The molecule has 1 atom stereocenters. The van der Waals surface area contributed by atoms with Crippen molar-refractivity contribution in [3.05, 3.63) is 35.9 Å². The molecule has 0 radical (unpaired) electrons. The molecular weight excluding hydrogens is 298 g/mol. The molecule has 1 rings (SSSR count). The summed E-state index contributed by atoms with van der Waals surface area (Å²) in [7, 11) is 0. The zero-order valence-electron chi connectivity index (χ0n) is 13.4. The minimum atomic E-state index is -0.715. The van der Waals surface area contributed by atoms with Gasteiger partial charge in [-0.2, -0.15) is 0 Å². The molecule has 7 heteroatoms. The van der Waals surface area contributed by atoms with Gasteiger partial charge in [0.25, 0.3) is 0 Å². The number of hydrogen-bond acceptors (Lipinski definition) is 4. The molecule has 4 N–H and O–H groups in total. The second-order valence-electron chi connectivity index (χ2n) is 5.43. The molecular formula is C16H23N3O4. The van der Waals surface area contributed by atoms with Gasteiger partial charge in [0.2, 0.25) is 11.8 Å². The van der Waals surface area contributed by atoms with Gasteiger partial charge < -0.3 is 21.1 Å². The maximum atomic E-state index is 11.7. The number of nitrogens with one attached hydrogen (secondary N) is 2. The van der Waals surface area contributed by atoms with Crippen LogP contribution in [0.4, 0.5) is 4.79 Å². The lowest BCUT2D eigenvalue weighted by Crippen LogP contribution is -2.48. The first-order valence-electron chi connectivity index (χ1n) is 7.43. The maximum absolute atomic E-state index is 11.7. The Morgan fingerprint density at radius 1 is 1.17 bits per heavy atom. The summed E-state index contributed by atoms with van der Waals surface area (Å²) in [4.78, 5) is 34.4. The van der Waals surface area contributed by atoms with Crippen molar-refractivity contribution in [2.45, 2.75) is 32.9 Å². The molecule has 0 aliphatic carbocycles. The van der Waals surface area contributed by atoms with Gasteiger partial charge in [0.05, 0.1) is 0 Å². The fourth-order valence-corrected chi connectivity index (χ4v) is 1.86. The fourth-order valence-electron chi connectivity index (χ4n) is 1.86. The predicted octanol–water partition coefficient (Wildman–Crippen LogP) is 0.929. The minimum Gasteiger partial charge on any atom is -0.445 e. The number of amides is 3. The van der Waals surface area contributed by atoms with Gasteiger partial charge in [-0.1, -0.05) is 44.2 Å². The molecule has 0 aromatic heterocycles. The molecule has 0 spiro atoms. The number of hydrogen-bond donors (Lipinski definition) is 3. The van der Waals surface area contributed by atoms with Gasteiger partial charge in [0.15, 0.2) is 0 Å². The lowest BCUT2D eigenvalue weighted by molar-refractivity contribution is -0.128. The molecule has 0 heterocycles. The van der Waals surface area contributed by atoms with Crippen molar-refractivity contribution >= 4 is 17.9 Å². The van der Waals surface area contributed by atoms with Crippen molar-refractivity contribution in [3.63, 3.8) is 0 Å². The van der Waals surface area contributed by atoms with E-state index in [4.69, 9.17) is 10.5 Å². The zero-order chi connectivity index (χ0) is 17.2. The Labute approximate surface area is 135 Å². The molecule has 3 amide bonds. The molecule has 0 aliphatic heterocycles. The molecule has 126 valence electrons. The van der Waals surface area contributed by atoms with Gasteiger partial charge in [-0.05, 0) is 11.5 Å². The van der Waals surface area contributed by atoms with Crippen molar-refractivity contribution in [2.24, 2.45) is 11.7 Å². The third kappa shape index (κ3) is 7.30. The number of ether oxygens (including phenoxy) is 1. The fraction of sp³-hybridized carbons (Fsp3) is 0.438. The van der Waals surface area contributed by atoms with Gasteiger partial charge in [-0.25, -0.2) is 4.79 Å². The van der Waals surface area contributed by atoms with Crippen LogP contribution >= 0.6 is 0 Å². The van der Waals surface area contributed by atoms with Crippen LogP contribution in [0, 0.1) is 5.92 Å². The van der Waals surface area contributed by atoms with E-state index in [9.17, 15) is 14.4 Å². The Balaban J connectivity index is 2.23. The summed E-state index contributed by atoms with van der Waals surface area (Å²) in [5.41, 5.74) is 6.09. The van der Waals surface area contributed by atoms with Crippen LogP contribution in [-0.2, 0) is 20.9 Å². The minimum absolute atomic E-state index is 0.0386.